The molecule has 1 N–H and O–H groups in total. The highest BCUT2D eigenvalue weighted by Crippen LogP contribution is 1.97. The molecule has 0 aliphatic rings. The van der Waals surface area contributed by atoms with Crippen molar-refractivity contribution >= 4 is 6.08 Å². The summed E-state index contributed by atoms with van der Waals surface area (Å²) < 4.78 is 1.75. The van der Waals surface area contributed by atoms with Crippen molar-refractivity contribution in [1.29, 1.82) is 0 Å². The lowest BCUT2D eigenvalue weighted by Crippen LogP contribution is -2.05. The van der Waals surface area contributed by atoms with Crippen LogP contribution in [0.2, 0.25) is 0 Å². The number of hydrogen-bond donors (Lipinski definition) is 1. The van der Waals surface area contributed by atoms with Gasteiger partial charge in [-0.25, -0.2) is 4.68 Å². The molecule has 4 heteroatoms. The minimum absolute atomic E-state index is 1.00. The SMILES string of the molecule is CNCC/C=C/c1cnnn1C. The molecule has 0 aliphatic heterocycles. The van der Waals surface area contributed by atoms with E-state index in [1.807, 2.05) is 20.2 Å². The van der Waals surface area contributed by atoms with Gasteiger partial charge < -0.3 is 5.32 Å². The van der Waals surface area contributed by atoms with Crippen LogP contribution in [-0.4, -0.2) is 28.6 Å². The van der Waals surface area contributed by atoms with Gasteiger partial charge in [0.1, 0.15) is 0 Å². The molecule has 1 heterocycles. The van der Waals surface area contributed by atoms with E-state index in [9.17, 15) is 0 Å². The zero-order chi connectivity index (χ0) is 8.81. The van der Waals surface area contributed by atoms with Gasteiger partial charge in [0, 0.05) is 7.05 Å². The Balaban J connectivity index is 2.41. The fraction of sp³-hybridized carbons (Fsp3) is 0.500. The van der Waals surface area contributed by atoms with E-state index in [2.05, 4.69) is 21.7 Å². The van der Waals surface area contributed by atoms with Gasteiger partial charge in [-0.05, 0) is 26.1 Å². The number of hydrogen-bond acceptors (Lipinski definition) is 3. The molecule has 0 radical (unpaired) electrons. The lowest BCUT2D eigenvalue weighted by molar-refractivity contribution is 0.709. The van der Waals surface area contributed by atoms with Crippen LogP contribution in [-0.2, 0) is 7.05 Å². The molecule has 0 spiro atoms. The summed E-state index contributed by atoms with van der Waals surface area (Å²) in [5, 5.41) is 10.7. The molecule has 0 aliphatic carbocycles. The summed E-state index contributed by atoms with van der Waals surface area (Å²) in [7, 11) is 3.82. The highest BCUT2D eigenvalue weighted by atomic mass is 15.4. The smallest absolute Gasteiger partial charge is 0.0806 e. The Hall–Kier alpha value is -1.16. The van der Waals surface area contributed by atoms with Crippen LogP contribution in [0.15, 0.2) is 12.3 Å². The van der Waals surface area contributed by atoms with Crippen LogP contribution < -0.4 is 5.32 Å². The number of aryl methyl sites for hydroxylation is 1. The number of nitrogens with zero attached hydrogens (tertiary/aromatic N) is 3. The molecule has 0 saturated carbocycles. The zero-order valence-electron chi connectivity index (χ0n) is 7.49. The Labute approximate surface area is 72.3 Å². The van der Waals surface area contributed by atoms with Crippen LogP contribution in [0.25, 0.3) is 6.08 Å². The zero-order valence-corrected chi connectivity index (χ0v) is 7.49. The fourth-order valence-electron chi connectivity index (χ4n) is 0.880. The first-order chi connectivity index (χ1) is 5.84. The second-order valence-electron chi connectivity index (χ2n) is 2.58. The first-order valence-electron chi connectivity index (χ1n) is 4.00. The highest BCUT2D eigenvalue weighted by molar-refractivity contribution is 5.42. The van der Waals surface area contributed by atoms with Crippen LogP contribution >= 0.6 is 0 Å². The van der Waals surface area contributed by atoms with E-state index in [1.165, 1.54) is 0 Å². The molecule has 12 heavy (non-hydrogen) atoms. The normalized spacial score (nSPS) is 11.2. The van der Waals surface area contributed by atoms with Gasteiger partial charge >= 0.3 is 0 Å². The molecule has 0 bridgehead atoms. The topological polar surface area (TPSA) is 42.7 Å². The van der Waals surface area contributed by atoms with Gasteiger partial charge in [-0.1, -0.05) is 11.3 Å². The Morgan fingerprint density at radius 2 is 2.50 bits per heavy atom. The average molecular weight is 166 g/mol. The Morgan fingerprint density at radius 1 is 1.67 bits per heavy atom. The second kappa shape index (κ2) is 4.66. The molecule has 1 aromatic rings. The van der Waals surface area contributed by atoms with Gasteiger partial charge in [0.25, 0.3) is 0 Å². The van der Waals surface area contributed by atoms with Gasteiger partial charge in [-0.15, -0.1) is 5.10 Å². The standard InChI is InChI=1S/C8H14N4/c1-9-6-4-3-5-8-7-10-11-12(8)2/h3,5,7,9H,4,6H2,1-2H3/b5-3+. The highest BCUT2D eigenvalue weighted by Gasteiger charge is 1.91. The predicted octanol–water partition coefficient (Wildman–Crippen LogP) is 0.438. The maximum absolute atomic E-state index is 3.82. The van der Waals surface area contributed by atoms with Crippen molar-refractivity contribution in [1.82, 2.24) is 20.3 Å². The molecule has 0 unspecified atom stereocenters. The van der Waals surface area contributed by atoms with Crippen molar-refractivity contribution in [3.63, 3.8) is 0 Å². The van der Waals surface area contributed by atoms with Gasteiger partial charge in [-0.3, -0.25) is 0 Å². The van der Waals surface area contributed by atoms with Crippen LogP contribution in [0.5, 0.6) is 0 Å². The summed E-state index contributed by atoms with van der Waals surface area (Å²) in [5.41, 5.74) is 1.03. The number of nitrogens with one attached hydrogen (secondary N) is 1. The summed E-state index contributed by atoms with van der Waals surface area (Å²) in [5.74, 6) is 0. The maximum atomic E-state index is 3.82. The van der Waals surface area contributed by atoms with Crippen LogP contribution in [0.3, 0.4) is 0 Å². The molecule has 4 nitrogen and oxygen atoms in total. The van der Waals surface area contributed by atoms with E-state index in [0.717, 1.165) is 18.7 Å². The molecule has 1 aromatic heterocycles. The van der Waals surface area contributed by atoms with Gasteiger partial charge in [0.15, 0.2) is 0 Å². The average Bonchev–Trinajstić information content (AvgIpc) is 2.46. The summed E-state index contributed by atoms with van der Waals surface area (Å²) >= 11 is 0. The maximum Gasteiger partial charge on any atom is 0.0806 e. The molecule has 0 atom stereocenters. The molecule has 0 aromatic carbocycles. The van der Waals surface area contributed by atoms with Crippen molar-refractivity contribution in [2.24, 2.45) is 7.05 Å². The van der Waals surface area contributed by atoms with E-state index in [0.29, 0.717) is 0 Å². The van der Waals surface area contributed by atoms with E-state index in [1.54, 1.807) is 10.9 Å². The Morgan fingerprint density at radius 3 is 3.08 bits per heavy atom. The van der Waals surface area contributed by atoms with Crippen molar-refractivity contribution in [2.45, 2.75) is 6.42 Å². The summed E-state index contributed by atoms with van der Waals surface area (Å²) in [6.07, 6.45) is 6.91. The lowest BCUT2D eigenvalue weighted by Gasteiger charge is -1.92. The van der Waals surface area contributed by atoms with E-state index in [4.69, 9.17) is 0 Å². The lowest BCUT2D eigenvalue weighted by atomic mass is 10.3. The Kier molecular flexibility index (Phi) is 3.47. The first-order valence-corrected chi connectivity index (χ1v) is 4.00. The van der Waals surface area contributed by atoms with Gasteiger partial charge in [-0.2, -0.15) is 0 Å². The van der Waals surface area contributed by atoms with Crippen molar-refractivity contribution in [3.05, 3.63) is 18.0 Å². The number of rotatable bonds is 4. The molecule has 0 amide bonds. The molecule has 0 saturated heterocycles. The third kappa shape index (κ3) is 2.47. The molecule has 66 valence electrons. The summed E-state index contributed by atoms with van der Waals surface area (Å²) in [4.78, 5) is 0. The molecular weight excluding hydrogens is 152 g/mol. The quantitative estimate of drug-likeness (QED) is 0.660. The largest absolute Gasteiger partial charge is 0.319 e. The van der Waals surface area contributed by atoms with E-state index in [-0.39, 0.29) is 0 Å². The number of aromatic nitrogens is 3. The van der Waals surface area contributed by atoms with Crippen LogP contribution in [0.4, 0.5) is 0 Å². The monoisotopic (exact) mass is 166 g/mol. The predicted molar refractivity (Wildman–Crippen MR) is 48.6 cm³/mol. The van der Waals surface area contributed by atoms with Gasteiger partial charge in [0.05, 0.1) is 11.9 Å². The molecule has 1 rings (SSSR count). The minimum atomic E-state index is 1.00. The van der Waals surface area contributed by atoms with E-state index >= 15 is 0 Å². The first kappa shape index (κ1) is 8.93. The van der Waals surface area contributed by atoms with E-state index < -0.39 is 0 Å². The van der Waals surface area contributed by atoms with Crippen molar-refractivity contribution < 1.29 is 0 Å². The minimum Gasteiger partial charge on any atom is -0.319 e. The van der Waals surface area contributed by atoms with Crippen LogP contribution in [0.1, 0.15) is 12.1 Å². The van der Waals surface area contributed by atoms with Crippen LogP contribution in [0, 0.1) is 0 Å². The Bertz CT molecular complexity index is 251. The summed E-state index contributed by atoms with van der Waals surface area (Å²) in [6.45, 7) is 1.00. The molecule has 0 fully saturated rings. The fourth-order valence-corrected chi connectivity index (χ4v) is 0.880. The third-order valence-electron chi connectivity index (χ3n) is 1.60. The third-order valence-corrected chi connectivity index (χ3v) is 1.60. The molecular formula is C8H14N4. The second-order valence-corrected chi connectivity index (χ2v) is 2.58. The van der Waals surface area contributed by atoms with Crippen molar-refractivity contribution in [2.75, 3.05) is 13.6 Å². The summed E-state index contributed by atoms with van der Waals surface area (Å²) in [6, 6.07) is 0. The van der Waals surface area contributed by atoms with Crippen molar-refractivity contribution in [3.8, 4) is 0 Å². The van der Waals surface area contributed by atoms with Gasteiger partial charge in [0.2, 0.25) is 0 Å².